The van der Waals surface area contributed by atoms with Crippen LogP contribution in [-0.2, 0) is 17.8 Å². The molecular formula is C24H28N2O4. The van der Waals surface area contributed by atoms with Crippen molar-refractivity contribution in [2.75, 3.05) is 14.2 Å². The molecule has 0 spiro atoms. The zero-order valence-electron chi connectivity index (χ0n) is 18.1. The molecule has 0 fully saturated rings. The Morgan fingerprint density at radius 1 is 1.07 bits per heavy atom. The first kappa shape index (κ1) is 21.4. The second-order valence-corrected chi connectivity index (χ2v) is 7.37. The van der Waals surface area contributed by atoms with Crippen molar-refractivity contribution in [2.45, 2.75) is 39.8 Å². The Labute approximate surface area is 177 Å². The topological polar surface area (TPSA) is 64.8 Å². The van der Waals surface area contributed by atoms with E-state index >= 15 is 0 Å². The molecule has 1 unspecified atom stereocenters. The third-order valence-corrected chi connectivity index (χ3v) is 5.42. The highest BCUT2D eigenvalue weighted by molar-refractivity contribution is 5.79. The quantitative estimate of drug-likeness (QED) is 0.543. The molecule has 2 aromatic carbocycles. The van der Waals surface area contributed by atoms with E-state index in [0.29, 0.717) is 13.0 Å². The van der Waals surface area contributed by atoms with Crippen molar-refractivity contribution in [1.29, 1.82) is 0 Å². The van der Waals surface area contributed by atoms with Gasteiger partial charge in [0.2, 0.25) is 5.91 Å². The number of ether oxygens (including phenoxy) is 2. The van der Waals surface area contributed by atoms with Crippen molar-refractivity contribution in [2.24, 2.45) is 0 Å². The molecule has 1 heterocycles. The van der Waals surface area contributed by atoms with Gasteiger partial charge >= 0.3 is 0 Å². The number of carbonyl (C=O) groups excluding carboxylic acids is 1. The molecule has 0 bridgehead atoms. The van der Waals surface area contributed by atoms with Crippen LogP contribution in [0.3, 0.4) is 0 Å². The highest BCUT2D eigenvalue weighted by Gasteiger charge is 2.18. The van der Waals surface area contributed by atoms with Crippen LogP contribution < -0.4 is 9.47 Å². The normalized spacial score (nSPS) is 11.8. The number of amides is 1. The van der Waals surface area contributed by atoms with Crippen LogP contribution in [0.15, 0.2) is 53.1 Å². The van der Waals surface area contributed by atoms with Crippen molar-refractivity contribution in [1.82, 2.24) is 10.1 Å². The number of nitrogens with zero attached hydrogens (tertiary/aromatic N) is 2. The molecule has 158 valence electrons. The van der Waals surface area contributed by atoms with Crippen molar-refractivity contribution < 1.29 is 18.8 Å². The summed E-state index contributed by atoms with van der Waals surface area (Å²) < 4.78 is 16.2. The molecule has 0 aliphatic carbocycles. The van der Waals surface area contributed by atoms with E-state index in [4.69, 9.17) is 14.0 Å². The number of rotatable bonds is 8. The van der Waals surface area contributed by atoms with Gasteiger partial charge < -0.3 is 18.9 Å². The second-order valence-electron chi connectivity index (χ2n) is 7.37. The number of aromatic nitrogens is 1. The van der Waals surface area contributed by atoms with Crippen molar-refractivity contribution in [3.05, 3.63) is 76.7 Å². The molecule has 0 aliphatic heterocycles. The highest BCUT2D eigenvalue weighted by atomic mass is 16.5. The molecule has 0 radical (unpaired) electrons. The molecule has 0 saturated carbocycles. The van der Waals surface area contributed by atoms with Crippen LogP contribution in [0.4, 0.5) is 0 Å². The Bertz CT molecular complexity index is 958. The first-order valence-corrected chi connectivity index (χ1v) is 9.92. The average molecular weight is 408 g/mol. The van der Waals surface area contributed by atoms with E-state index in [1.54, 1.807) is 12.0 Å². The summed E-state index contributed by atoms with van der Waals surface area (Å²) in [7, 11) is 3.47. The predicted octanol–water partition coefficient (Wildman–Crippen LogP) is 4.64. The van der Waals surface area contributed by atoms with Gasteiger partial charge in [-0.1, -0.05) is 29.4 Å². The summed E-state index contributed by atoms with van der Waals surface area (Å²) in [6.07, 6.45) is 0.334. The van der Waals surface area contributed by atoms with Gasteiger partial charge in [-0.25, -0.2) is 0 Å². The second kappa shape index (κ2) is 9.48. The van der Waals surface area contributed by atoms with E-state index in [1.807, 2.05) is 76.3 Å². The van der Waals surface area contributed by atoms with Crippen molar-refractivity contribution in [3.63, 3.8) is 0 Å². The monoisotopic (exact) mass is 408 g/mol. The van der Waals surface area contributed by atoms with Gasteiger partial charge in [0.1, 0.15) is 23.9 Å². The van der Waals surface area contributed by atoms with E-state index < -0.39 is 0 Å². The number of aryl methyl sites for hydroxylation is 2. The lowest BCUT2D eigenvalue weighted by atomic mass is 10.1. The molecule has 1 atom stereocenters. The van der Waals surface area contributed by atoms with E-state index in [9.17, 15) is 4.79 Å². The SMILES string of the molecule is COc1ccc(C(C)N(C)C(=O)Cc2ccc(OCc3c(C)noc3C)cc2)cc1. The minimum absolute atomic E-state index is 0.0268. The zero-order valence-corrected chi connectivity index (χ0v) is 18.1. The first-order chi connectivity index (χ1) is 14.4. The fraction of sp³-hybridized carbons (Fsp3) is 0.333. The van der Waals surface area contributed by atoms with Gasteiger partial charge in [-0.05, 0) is 56.2 Å². The van der Waals surface area contributed by atoms with Gasteiger partial charge in [0.15, 0.2) is 0 Å². The van der Waals surface area contributed by atoms with Gasteiger partial charge in [0.25, 0.3) is 0 Å². The molecule has 1 aromatic heterocycles. The van der Waals surface area contributed by atoms with E-state index in [1.165, 1.54) is 0 Å². The number of carbonyl (C=O) groups is 1. The molecule has 0 N–H and O–H groups in total. The van der Waals surface area contributed by atoms with Crippen molar-refractivity contribution in [3.8, 4) is 11.5 Å². The summed E-state index contributed by atoms with van der Waals surface area (Å²) in [5.41, 5.74) is 3.81. The molecule has 3 aromatic rings. The fourth-order valence-corrected chi connectivity index (χ4v) is 3.19. The van der Waals surface area contributed by atoms with Crippen LogP contribution in [0.1, 0.15) is 41.1 Å². The smallest absolute Gasteiger partial charge is 0.227 e. The molecule has 30 heavy (non-hydrogen) atoms. The van der Waals surface area contributed by atoms with Gasteiger partial charge in [-0.3, -0.25) is 4.79 Å². The van der Waals surface area contributed by atoms with Gasteiger partial charge in [-0.2, -0.15) is 0 Å². The highest BCUT2D eigenvalue weighted by Crippen LogP contribution is 2.23. The zero-order chi connectivity index (χ0) is 21.7. The molecule has 0 aliphatic rings. The maximum atomic E-state index is 12.7. The average Bonchev–Trinajstić information content (AvgIpc) is 3.09. The summed E-state index contributed by atoms with van der Waals surface area (Å²) in [5.74, 6) is 2.37. The molecule has 3 rings (SSSR count). The number of methoxy groups -OCH3 is 1. The van der Waals surface area contributed by atoms with Crippen molar-refractivity contribution >= 4 is 5.91 Å². The predicted molar refractivity (Wildman–Crippen MR) is 115 cm³/mol. The third kappa shape index (κ3) is 5.00. The Balaban J connectivity index is 1.56. The summed E-state index contributed by atoms with van der Waals surface area (Å²) in [6, 6.07) is 15.4. The molecule has 1 amide bonds. The third-order valence-electron chi connectivity index (χ3n) is 5.42. The minimum Gasteiger partial charge on any atom is -0.497 e. The van der Waals surface area contributed by atoms with Crippen LogP contribution in [0.5, 0.6) is 11.5 Å². The number of likely N-dealkylation sites (N-methyl/N-ethyl adjacent to an activating group) is 1. The maximum absolute atomic E-state index is 12.7. The van der Waals surface area contributed by atoms with Crippen LogP contribution in [0.25, 0.3) is 0 Å². The van der Waals surface area contributed by atoms with Gasteiger partial charge in [-0.15, -0.1) is 0 Å². The molecule has 6 nitrogen and oxygen atoms in total. The van der Waals surface area contributed by atoms with Crippen LogP contribution in [0, 0.1) is 13.8 Å². The lowest BCUT2D eigenvalue weighted by Gasteiger charge is -2.25. The van der Waals surface area contributed by atoms with Crippen LogP contribution in [0.2, 0.25) is 0 Å². The Morgan fingerprint density at radius 2 is 1.70 bits per heavy atom. The van der Waals surface area contributed by atoms with Crippen LogP contribution in [-0.4, -0.2) is 30.1 Å². The number of hydrogen-bond donors (Lipinski definition) is 0. The lowest BCUT2D eigenvalue weighted by molar-refractivity contribution is -0.131. The molecular weight excluding hydrogens is 380 g/mol. The summed E-state index contributed by atoms with van der Waals surface area (Å²) >= 11 is 0. The fourth-order valence-electron chi connectivity index (χ4n) is 3.19. The largest absolute Gasteiger partial charge is 0.497 e. The minimum atomic E-state index is -0.0268. The number of benzene rings is 2. The Morgan fingerprint density at radius 3 is 2.27 bits per heavy atom. The standard InChI is InChI=1S/C24H28N2O4/c1-16-23(18(3)30-25-16)15-29-22-10-6-19(7-11-22)14-24(27)26(4)17(2)20-8-12-21(28-5)13-9-20/h6-13,17H,14-15H2,1-5H3. The molecule has 6 heteroatoms. The summed E-state index contributed by atoms with van der Waals surface area (Å²) in [6.45, 7) is 6.19. The van der Waals surface area contributed by atoms with Gasteiger partial charge in [0, 0.05) is 7.05 Å². The Kier molecular flexibility index (Phi) is 6.77. The number of hydrogen-bond acceptors (Lipinski definition) is 5. The van der Waals surface area contributed by atoms with Crippen LogP contribution >= 0.6 is 0 Å². The van der Waals surface area contributed by atoms with E-state index in [2.05, 4.69) is 5.16 Å². The van der Waals surface area contributed by atoms with E-state index in [-0.39, 0.29) is 11.9 Å². The lowest BCUT2D eigenvalue weighted by Crippen LogP contribution is -2.30. The van der Waals surface area contributed by atoms with Gasteiger partial charge in [0.05, 0.1) is 30.8 Å². The summed E-state index contributed by atoms with van der Waals surface area (Å²) in [5, 5.41) is 3.93. The molecule has 0 saturated heterocycles. The summed E-state index contributed by atoms with van der Waals surface area (Å²) in [4.78, 5) is 14.5. The maximum Gasteiger partial charge on any atom is 0.227 e. The first-order valence-electron chi connectivity index (χ1n) is 9.92. The van der Waals surface area contributed by atoms with E-state index in [0.717, 1.165) is 39.6 Å². The Hall–Kier alpha value is -3.28.